The lowest BCUT2D eigenvalue weighted by molar-refractivity contribution is 0.0959. The smallest absolute Gasteiger partial charge is 0.227 e. The molecule has 7 nitrogen and oxygen atoms in total. The molecular weight excluding hydrogens is 354 g/mol. The van der Waals surface area contributed by atoms with E-state index in [1.165, 1.54) is 0 Å². The summed E-state index contributed by atoms with van der Waals surface area (Å²) in [5.41, 5.74) is 1.44. The highest BCUT2D eigenvalue weighted by Crippen LogP contribution is 2.35. The van der Waals surface area contributed by atoms with Crippen LogP contribution in [0.1, 0.15) is 41.1 Å². The predicted octanol–water partition coefficient (Wildman–Crippen LogP) is 2.72. The van der Waals surface area contributed by atoms with E-state index in [2.05, 4.69) is 28.6 Å². The zero-order valence-electron chi connectivity index (χ0n) is 16.4. The minimum absolute atomic E-state index is 0.0296. The van der Waals surface area contributed by atoms with Crippen molar-refractivity contribution in [3.63, 3.8) is 0 Å². The number of anilines is 2. The van der Waals surface area contributed by atoms with Crippen molar-refractivity contribution in [2.24, 2.45) is 0 Å². The van der Waals surface area contributed by atoms with Crippen molar-refractivity contribution in [1.29, 1.82) is 0 Å². The molecule has 0 amide bonds. The summed E-state index contributed by atoms with van der Waals surface area (Å²) < 4.78 is 5.56. The Balaban J connectivity index is 1.67. The quantitative estimate of drug-likeness (QED) is 0.771. The summed E-state index contributed by atoms with van der Waals surface area (Å²) in [5, 5.41) is 3.25. The molecule has 0 unspecified atom stereocenters. The van der Waals surface area contributed by atoms with Crippen LogP contribution in [-0.2, 0) is 6.42 Å². The van der Waals surface area contributed by atoms with Crippen LogP contribution in [0, 0.1) is 0 Å². The maximum atomic E-state index is 12.9. The molecule has 2 aromatic rings. The van der Waals surface area contributed by atoms with Gasteiger partial charge in [-0.05, 0) is 18.7 Å². The summed E-state index contributed by atoms with van der Waals surface area (Å²) in [4.78, 5) is 27.1. The first-order valence-electron chi connectivity index (χ1n) is 9.99. The van der Waals surface area contributed by atoms with Crippen molar-refractivity contribution in [3.05, 3.63) is 48.1 Å². The Kier molecular flexibility index (Phi) is 5.43. The number of furan rings is 1. The Morgan fingerprint density at radius 3 is 2.79 bits per heavy atom. The number of hydrogen-bond donors (Lipinski definition) is 1. The molecule has 28 heavy (non-hydrogen) atoms. The number of nitrogens with one attached hydrogen (secondary N) is 1. The number of piperazine rings is 1. The molecule has 7 heteroatoms. The van der Waals surface area contributed by atoms with Gasteiger partial charge in [0.15, 0.2) is 5.78 Å². The van der Waals surface area contributed by atoms with Crippen LogP contribution in [0.2, 0.25) is 0 Å². The highest BCUT2D eigenvalue weighted by Gasteiger charge is 2.33. The molecule has 1 atom stereocenters. The number of fused-ring (bicyclic) bond motifs is 1. The van der Waals surface area contributed by atoms with Crippen molar-refractivity contribution in [3.8, 4) is 0 Å². The van der Waals surface area contributed by atoms with Crippen LogP contribution in [0.5, 0.6) is 0 Å². The first kappa shape index (κ1) is 18.7. The monoisotopic (exact) mass is 381 g/mol. The van der Waals surface area contributed by atoms with E-state index < -0.39 is 0 Å². The largest absolute Gasteiger partial charge is 0.469 e. The number of hydrogen-bond acceptors (Lipinski definition) is 7. The number of carbonyl (C=O) groups is 1. The number of nitrogens with zero attached hydrogens (tertiary/aromatic N) is 4. The zero-order chi connectivity index (χ0) is 19.5. The van der Waals surface area contributed by atoms with Gasteiger partial charge in [0.1, 0.15) is 11.6 Å². The van der Waals surface area contributed by atoms with Crippen molar-refractivity contribution in [1.82, 2.24) is 14.9 Å². The first-order chi connectivity index (χ1) is 13.7. The lowest BCUT2D eigenvalue weighted by atomic mass is 9.84. The van der Waals surface area contributed by atoms with Crippen LogP contribution in [0.4, 0.5) is 11.8 Å². The first-order valence-corrected chi connectivity index (χ1v) is 9.99. The van der Waals surface area contributed by atoms with Gasteiger partial charge in [0, 0.05) is 51.5 Å². The summed E-state index contributed by atoms with van der Waals surface area (Å²) in [6.07, 6.45) is 4.53. The van der Waals surface area contributed by atoms with E-state index >= 15 is 0 Å². The summed E-state index contributed by atoms with van der Waals surface area (Å²) in [6.45, 7) is 11.3. The molecule has 1 fully saturated rings. The molecule has 1 aliphatic carbocycles. The second-order valence-electron chi connectivity index (χ2n) is 7.33. The van der Waals surface area contributed by atoms with Crippen molar-refractivity contribution in [2.45, 2.75) is 25.7 Å². The van der Waals surface area contributed by atoms with Gasteiger partial charge in [-0.1, -0.05) is 13.0 Å². The third-order valence-corrected chi connectivity index (χ3v) is 5.58. The van der Waals surface area contributed by atoms with Crippen molar-refractivity contribution < 1.29 is 9.21 Å². The Morgan fingerprint density at radius 1 is 1.29 bits per heavy atom. The van der Waals surface area contributed by atoms with Crippen molar-refractivity contribution in [2.75, 3.05) is 49.5 Å². The molecule has 0 bridgehead atoms. The number of rotatable bonds is 6. The fraction of sp³-hybridized carbons (Fsp3) is 0.476. The highest BCUT2D eigenvalue weighted by atomic mass is 16.3. The number of carbonyl (C=O) groups excluding carboxylic acids is 1. The van der Waals surface area contributed by atoms with Gasteiger partial charge < -0.3 is 19.5 Å². The molecule has 1 N–H and O–H groups in total. The second-order valence-corrected chi connectivity index (χ2v) is 7.33. The summed E-state index contributed by atoms with van der Waals surface area (Å²) in [5.74, 6) is 2.27. The normalized spacial score (nSPS) is 20.1. The van der Waals surface area contributed by atoms with Gasteiger partial charge >= 0.3 is 0 Å². The Bertz CT molecular complexity index is 841. The molecule has 3 heterocycles. The van der Waals surface area contributed by atoms with Gasteiger partial charge in [-0.3, -0.25) is 4.79 Å². The van der Waals surface area contributed by atoms with Crippen LogP contribution in [0.15, 0.2) is 35.5 Å². The third-order valence-electron chi connectivity index (χ3n) is 5.58. The molecule has 1 aliphatic heterocycles. The van der Waals surface area contributed by atoms with E-state index in [0.29, 0.717) is 36.7 Å². The van der Waals surface area contributed by atoms with Crippen LogP contribution < -0.4 is 10.2 Å². The van der Waals surface area contributed by atoms with Gasteiger partial charge in [-0.25, -0.2) is 4.98 Å². The lowest BCUT2D eigenvalue weighted by Crippen LogP contribution is -2.47. The number of ketones is 1. The molecule has 4 rings (SSSR count). The number of aromatic nitrogens is 2. The van der Waals surface area contributed by atoms with Gasteiger partial charge in [0.2, 0.25) is 5.95 Å². The third kappa shape index (κ3) is 3.67. The number of likely N-dealkylation sites (N-methyl/N-ethyl adjacent to an activating group) is 1. The molecule has 0 spiro atoms. The zero-order valence-corrected chi connectivity index (χ0v) is 16.4. The summed E-state index contributed by atoms with van der Waals surface area (Å²) in [7, 11) is 0. The summed E-state index contributed by atoms with van der Waals surface area (Å²) in [6, 6.07) is 3.80. The fourth-order valence-electron chi connectivity index (χ4n) is 3.99. The van der Waals surface area contributed by atoms with Crippen molar-refractivity contribution >= 4 is 17.5 Å². The van der Waals surface area contributed by atoms with Gasteiger partial charge in [-0.15, -0.1) is 6.58 Å². The molecule has 0 aromatic carbocycles. The van der Waals surface area contributed by atoms with E-state index in [-0.39, 0.29) is 11.7 Å². The van der Waals surface area contributed by atoms with Crippen LogP contribution >= 0.6 is 0 Å². The molecule has 0 radical (unpaired) electrons. The minimum atomic E-state index is 0.0296. The minimum Gasteiger partial charge on any atom is -0.469 e. The standard InChI is InChI=1S/C21H27N5O2/c1-3-7-22-20-19-16(13-15(14-17(19)27)18-6-5-12-28-18)23-21(24-20)26-10-8-25(4-2)9-11-26/h3,5-6,12,15H,1,4,7-11,13-14H2,2H3,(H,22,23,24)/t15-/m1/s1. The van der Waals surface area contributed by atoms with E-state index in [9.17, 15) is 4.79 Å². The highest BCUT2D eigenvalue weighted by molar-refractivity contribution is 6.03. The topological polar surface area (TPSA) is 74.5 Å². The molecule has 1 saturated heterocycles. The molecular formula is C21H27N5O2. The average Bonchev–Trinajstić information content (AvgIpc) is 3.26. The van der Waals surface area contributed by atoms with E-state index in [1.807, 2.05) is 12.1 Å². The van der Waals surface area contributed by atoms with E-state index in [0.717, 1.165) is 44.2 Å². The SMILES string of the molecule is C=CCNc1nc(N2CCN(CC)CC2)nc2c1C(=O)C[C@H](c1ccco1)C2. The van der Waals surface area contributed by atoms with E-state index in [4.69, 9.17) is 14.4 Å². The van der Waals surface area contributed by atoms with Crippen LogP contribution in [0.3, 0.4) is 0 Å². The molecule has 0 saturated carbocycles. The second kappa shape index (κ2) is 8.14. The lowest BCUT2D eigenvalue weighted by Gasteiger charge is -2.35. The van der Waals surface area contributed by atoms with E-state index in [1.54, 1.807) is 12.3 Å². The molecule has 2 aliphatic rings. The predicted molar refractivity (Wildman–Crippen MR) is 109 cm³/mol. The Hall–Kier alpha value is -2.67. The Labute approximate surface area is 165 Å². The van der Waals surface area contributed by atoms with Gasteiger partial charge in [-0.2, -0.15) is 4.98 Å². The van der Waals surface area contributed by atoms with Gasteiger partial charge in [0.05, 0.1) is 17.5 Å². The maximum absolute atomic E-state index is 12.9. The van der Waals surface area contributed by atoms with Crippen LogP contribution in [0.25, 0.3) is 0 Å². The average molecular weight is 381 g/mol. The molecule has 2 aromatic heterocycles. The van der Waals surface area contributed by atoms with Gasteiger partial charge in [0.25, 0.3) is 0 Å². The summed E-state index contributed by atoms with van der Waals surface area (Å²) >= 11 is 0. The maximum Gasteiger partial charge on any atom is 0.227 e. The fourth-order valence-corrected chi connectivity index (χ4v) is 3.99. The van der Waals surface area contributed by atoms with Crippen LogP contribution in [-0.4, -0.2) is 59.9 Å². The number of Topliss-reactive ketones (excluding diaryl/α,β-unsaturated/α-hetero) is 1. The Morgan fingerprint density at radius 2 is 2.11 bits per heavy atom. The molecule has 148 valence electrons.